The quantitative estimate of drug-likeness (QED) is 0.252. The molecule has 4 nitrogen and oxygen atoms in total. The number of halogens is 2. The fourth-order valence-electron chi connectivity index (χ4n) is 0. The van der Waals surface area contributed by atoms with Gasteiger partial charge < -0.3 is 33.9 Å². The maximum atomic E-state index is 8.52. The van der Waals surface area contributed by atoms with Crippen LogP contribution in [0.3, 0.4) is 0 Å². The molecule has 0 spiro atoms. The number of hydrogen-bond acceptors (Lipinski definition) is 4. The molecule has 0 aliphatic carbocycles. The molecule has 0 amide bonds. The summed E-state index contributed by atoms with van der Waals surface area (Å²) in [6, 6.07) is 0. The Morgan fingerprint density at radius 2 is 0.900 bits per heavy atom. The fraction of sp³-hybridized carbons (Fsp3) is 0. The van der Waals surface area contributed by atoms with E-state index in [1.807, 2.05) is 0 Å². The van der Waals surface area contributed by atoms with E-state index in [0.29, 0.717) is 0 Å². The van der Waals surface area contributed by atoms with Gasteiger partial charge in [-0.15, -0.1) is 0 Å². The zero-order chi connectivity index (χ0) is 4.50. The number of hydrogen-bond donors (Lipinski definition) is 0. The minimum absolute atomic E-state index is 0. The summed E-state index contributed by atoms with van der Waals surface area (Å²) >= 11 is 0. The molecule has 0 aromatic heterocycles. The van der Waals surface area contributed by atoms with Crippen LogP contribution in [-0.2, 0) is 10.4 Å². The van der Waals surface area contributed by atoms with Gasteiger partial charge in [0.2, 0.25) is 0 Å². The first-order valence-electron chi connectivity index (χ1n) is 0.667. The van der Waals surface area contributed by atoms with Gasteiger partial charge in [0.05, 0.1) is 0 Å². The summed E-state index contributed by atoms with van der Waals surface area (Å²) in [6.07, 6.45) is 0. The molecule has 0 heterocycles. The van der Waals surface area contributed by atoms with Crippen LogP contribution in [0.4, 0.5) is 0 Å². The van der Waals surface area contributed by atoms with E-state index in [0.717, 1.165) is 0 Å². The van der Waals surface area contributed by atoms with Crippen molar-refractivity contribution in [1.82, 2.24) is 0 Å². The van der Waals surface area contributed by atoms with Gasteiger partial charge in [-0.05, 0) is 0 Å². The summed E-state index contributed by atoms with van der Waals surface area (Å²) < 4.78 is 34.1. The molecule has 0 saturated heterocycles. The summed E-state index contributed by atoms with van der Waals surface area (Å²) in [5, 5.41) is 0. The molecule has 0 saturated carbocycles. The van der Waals surface area contributed by atoms with Crippen molar-refractivity contribution in [2.45, 2.75) is 0 Å². The SMILES string of the molecule is O=S(=O)([O-])[O-].[Ca+2].[Ca+2].[CaH2].[Cl-].[Cl-]. The molecule has 0 aromatic carbocycles. The second-order valence-electron chi connectivity index (χ2n) is 0.408. The molecule has 0 aliphatic heterocycles. The Morgan fingerprint density at radius 3 is 0.900 bits per heavy atom. The molecule has 0 unspecified atom stereocenters. The molecule has 0 fully saturated rings. The van der Waals surface area contributed by atoms with Gasteiger partial charge in [-0.2, -0.15) is 0 Å². The molecule has 0 radical (unpaired) electrons. The first kappa shape index (κ1) is 36.8. The van der Waals surface area contributed by atoms with Gasteiger partial charge in [0.1, 0.15) is 0 Å². The third kappa shape index (κ3) is 86.2. The zero-order valence-electron chi connectivity index (χ0n) is 4.21. The van der Waals surface area contributed by atoms with Gasteiger partial charge >= 0.3 is 113 Å². The maximum Gasteiger partial charge on any atom is -1.00 e. The molecule has 10 heavy (non-hydrogen) atoms. The van der Waals surface area contributed by atoms with Crippen LogP contribution in [0.5, 0.6) is 0 Å². The second-order valence-corrected chi connectivity index (χ2v) is 1.22. The predicted molar refractivity (Wildman–Crippen MR) is 30.5 cm³/mol. The first-order chi connectivity index (χ1) is 2.00. The molecule has 10 heteroatoms. The van der Waals surface area contributed by atoms with Crippen molar-refractivity contribution >= 4 is 124 Å². The Balaban J connectivity index is -0.00000000800. The summed E-state index contributed by atoms with van der Waals surface area (Å²) in [7, 11) is -5.17. The zero-order valence-corrected chi connectivity index (χ0v) is 11.0. The van der Waals surface area contributed by atoms with Crippen LogP contribution in [0.2, 0.25) is 0 Å². The standard InChI is InChI=1S/3Ca.2ClH.H2O4S.2H/c;;;;;1-5(2,3)4;;/h;;;2*1H;(H2,1,2,3,4);;/q;2*+2;;;;;/p-4. The van der Waals surface area contributed by atoms with Crippen molar-refractivity contribution in [3.8, 4) is 0 Å². The normalized spacial score (nSPS) is 5.80. The van der Waals surface area contributed by atoms with Crippen LogP contribution in [0.15, 0.2) is 0 Å². The molecule has 0 rings (SSSR count). The summed E-state index contributed by atoms with van der Waals surface area (Å²) in [5.74, 6) is 0. The average molecular weight is 289 g/mol. The van der Waals surface area contributed by atoms with Crippen LogP contribution in [0.25, 0.3) is 0 Å². The minimum atomic E-state index is -5.17. The van der Waals surface area contributed by atoms with E-state index >= 15 is 0 Å². The van der Waals surface area contributed by atoms with Gasteiger partial charge in [0.25, 0.3) is 0 Å². The van der Waals surface area contributed by atoms with Crippen molar-refractivity contribution in [2.75, 3.05) is 0 Å². The Kier molecular flexibility index (Phi) is 69.5. The van der Waals surface area contributed by atoms with Crippen molar-refractivity contribution < 1.29 is 42.3 Å². The maximum absolute atomic E-state index is 8.52. The van der Waals surface area contributed by atoms with Gasteiger partial charge in [0.15, 0.2) is 0 Å². The third-order valence-corrected chi connectivity index (χ3v) is 0. The van der Waals surface area contributed by atoms with Crippen molar-refractivity contribution in [2.24, 2.45) is 0 Å². The first-order valence-corrected chi connectivity index (χ1v) is 2.00. The summed E-state index contributed by atoms with van der Waals surface area (Å²) in [6.45, 7) is 0. The van der Waals surface area contributed by atoms with E-state index < -0.39 is 10.4 Å². The predicted octanol–water partition coefficient (Wildman–Crippen LogP) is -9.01. The fourth-order valence-corrected chi connectivity index (χ4v) is 0. The Hall–Kier alpha value is 4.23. The Bertz CT molecular complexity index is 102. The van der Waals surface area contributed by atoms with Crippen molar-refractivity contribution in [1.29, 1.82) is 0 Å². The largest absolute Gasteiger partial charge is 1.00 e. The summed E-state index contributed by atoms with van der Waals surface area (Å²) in [4.78, 5) is 0. The van der Waals surface area contributed by atoms with Gasteiger partial charge in [-0.3, -0.25) is 8.42 Å². The van der Waals surface area contributed by atoms with E-state index in [1.54, 1.807) is 0 Å². The third-order valence-electron chi connectivity index (χ3n) is 0. The monoisotopic (exact) mass is 288 g/mol. The molecular weight excluding hydrogens is 287 g/mol. The Morgan fingerprint density at radius 1 is 0.900 bits per heavy atom. The molecule has 52 valence electrons. The van der Waals surface area contributed by atoms with E-state index in [-0.39, 0.29) is 138 Å². The molecule has 0 bridgehead atoms. The van der Waals surface area contributed by atoms with Crippen LogP contribution >= 0.6 is 0 Å². The molecule has 0 aliphatic rings. The topological polar surface area (TPSA) is 80.3 Å². The van der Waals surface area contributed by atoms with Gasteiger partial charge in [0, 0.05) is 10.4 Å². The van der Waals surface area contributed by atoms with E-state index in [4.69, 9.17) is 17.5 Å². The van der Waals surface area contributed by atoms with E-state index in [1.165, 1.54) is 0 Å². The van der Waals surface area contributed by atoms with Gasteiger partial charge in [-0.1, -0.05) is 0 Å². The van der Waals surface area contributed by atoms with E-state index in [9.17, 15) is 0 Å². The average Bonchev–Trinajstić information content (AvgIpc) is 0.722. The molecular formula is H2Ca3Cl2O4S. The molecule has 0 N–H and O–H groups in total. The van der Waals surface area contributed by atoms with Gasteiger partial charge in [-0.25, -0.2) is 0 Å². The van der Waals surface area contributed by atoms with Crippen LogP contribution in [-0.4, -0.2) is 131 Å². The smallest absolute Gasteiger partial charge is 1.00 e. The van der Waals surface area contributed by atoms with Crippen molar-refractivity contribution in [3.63, 3.8) is 0 Å². The number of rotatable bonds is 0. The Labute approximate surface area is 162 Å². The second kappa shape index (κ2) is 18.9. The van der Waals surface area contributed by atoms with Crippen LogP contribution in [0, 0.1) is 0 Å². The van der Waals surface area contributed by atoms with E-state index in [2.05, 4.69) is 0 Å². The molecule has 0 aromatic rings. The summed E-state index contributed by atoms with van der Waals surface area (Å²) in [5.41, 5.74) is 0. The van der Waals surface area contributed by atoms with Crippen LogP contribution in [0.1, 0.15) is 0 Å². The van der Waals surface area contributed by atoms with Crippen LogP contribution < -0.4 is 24.8 Å². The minimum Gasteiger partial charge on any atom is -1.00 e. The van der Waals surface area contributed by atoms with Crippen molar-refractivity contribution in [3.05, 3.63) is 0 Å². The molecule has 0 atom stereocenters.